The molecular formula is C22H31NO7. The zero-order chi connectivity index (χ0) is 22.8. The van der Waals surface area contributed by atoms with Crippen LogP contribution in [0.4, 0.5) is 0 Å². The Bertz CT molecular complexity index is 706. The van der Waals surface area contributed by atoms with Crippen LogP contribution in [0.25, 0.3) is 0 Å². The van der Waals surface area contributed by atoms with Gasteiger partial charge in [-0.05, 0) is 53.7 Å². The summed E-state index contributed by atoms with van der Waals surface area (Å²) in [6, 6.07) is 8.37. The zero-order valence-electron chi connectivity index (χ0n) is 18.3. The Kier molecular flexibility index (Phi) is 10.0. The molecule has 1 atom stereocenters. The van der Waals surface area contributed by atoms with Crippen LogP contribution in [0, 0.1) is 11.8 Å². The number of benzene rings is 1. The molecule has 1 aromatic carbocycles. The predicted octanol–water partition coefficient (Wildman–Crippen LogP) is 2.50. The Balaban J connectivity index is 3.17. The largest absolute Gasteiger partial charge is 0.463 e. The fourth-order valence-corrected chi connectivity index (χ4v) is 2.59. The van der Waals surface area contributed by atoms with Crippen molar-refractivity contribution in [3.05, 3.63) is 35.9 Å². The van der Waals surface area contributed by atoms with Gasteiger partial charge in [0.1, 0.15) is 0 Å². The Hall–Kier alpha value is -2.90. The number of hydrogen-bond acceptors (Lipinski definition) is 7. The molecule has 0 heterocycles. The lowest BCUT2D eigenvalue weighted by Gasteiger charge is -2.25. The molecule has 0 aromatic heterocycles. The first kappa shape index (κ1) is 25.1. The maximum atomic E-state index is 12.7. The molecule has 1 N–H and O–H groups in total. The lowest BCUT2D eigenvalue weighted by Crippen LogP contribution is -2.46. The first-order chi connectivity index (χ1) is 14.0. The third-order valence-electron chi connectivity index (χ3n) is 3.79. The molecule has 1 unspecified atom stereocenters. The summed E-state index contributed by atoms with van der Waals surface area (Å²) < 4.78 is 15.6. The third kappa shape index (κ3) is 8.23. The minimum Gasteiger partial charge on any atom is -0.463 e. The quantitative estimate of drug-likeness (QED) is 0.351. The first-order valence-corrected chi connectivity index (χ1v) is 9.97. The van der Waals surface area contributed by atoms with Gasteiger partial charge >= 0.3 is 17.9 Å². The topological polar surface area (TPSA) is 108 Å². The van der Waals surface area contributed by atoms with Crippen LogP contribution in [0.3, 0.4) is 0 Å². The zero-order valence-corrected chi connectivity index (χ0v) is 18.3. The van der Waals surface area contributed by atoms with E-state index in [9.17, 15) is 19.2 Å². The van der Waals surface area contributed by atoms with E-state index in [1.165, 1.54) is 0 Å². The van der Waals surface area contributed by atoms with Crippen LogP contribution in [-0.4, -0.2) is 48.7 Å². The van der Waals surface area contributed by atoms with E-state index in [2.05, 4.69) is 5.32 Å². The second-order valence-corrected chi connectivity index (χ2v) is 7.62. The van der Waals surface area contributed by atoms with Gasteiger partial charge in [-0.3, -0.25) is 19.2 Å². The number of carbonyl (C=O) groups is 4. The molecule has 30 heavy (non-hydrogen) atoms. The van der Waals surface area contributed by atoms with Crippen LogP contribution in [0.5, 0.6) is 0 Å². The van der Waals surface area contributed by atoms with Crippen molar-refractivity contribution in [2.24, 2.45) is 11.8 Å². The molecule has 0 radical (unpaired) electrons. The molecule has 0 aliphatic carbocycles. The average molecular weight is 421 g/mol. The Morgan fingerprint density at radius 1 is 0.733 bits per heavy atom. The molecule has 0 spiro atoms. The Morgan fingerprint density at radius 3 is 1.60 bits per heavy atom. The number of esters is 3. The highest BCUT2D eigenvalue weighted by Crippen LogP contribution is 2.20. The fraction of sp³-hybridized carbons (Fsp3) is 0.545. The van der Waals surface area contributed by atoms with Crippen LogP contribution >= 0.6 is 0 Å². The minimum atomic E-state index is -1.57. The Morgan fingerprint density at radius 2 is 1.17 bits per heavy atom. The smallest absolute Gasteiger partial charge is 0.321 e. The van der Waals surface area contributed by atoms with E-state index in [0.29, 0.717) is 5.56 Å². The van der Waals surface area contributed by atoms with Gasteiger partial charge in [0.05, 0.1) is 24.2 Å². The molecule has 0 fully saturated rings. The van der Waals surface area contributed by atoms with E-state index in [4.69, 9.17) is 14.2 Å². The van der Waals surface area contributed by atoms with E-state index in [1.54, 1.807) is 71.9 Å². The molecule has 0 saturated heterocycles. The van der Waals surface area contributed by atoms with E-state index >= 15 is 0 Å². The molecule has 0 aliphatic rings. The van der Waals surface area contributed by atoms with Gasteiger partial charge in [-0.1, -0.05) is 18.2 Å². The van der Waals surface area contributed by atoms with Crippen molar-refractivity contribution in [1.82, 2.24) is 5.32 Å². The van der Waals surface area contributed by atoms with Crippen molar-refractivity contribution in [1.29, 1.82) is 0 Å². The first-order valence-electron chi connectivity index (χ1n) is 9.97. The molecule has 8 nitrogen and oxygen atoms in total. The maximum absolute atomic E-state index is 12.7. The van der Waals surface area contributed by atoms with Gasteiger partial charge in [-0.2, -0.15) is 0 Å². The normalized spacial score (nSPS) is 12.1. The molecule has 1 aromatic rings. The third-order valence-corrected chi connectivity index (χ3v) is 3.79. The highest BCUT2D eigenvalue weighted by Gasteiger charge is 2.43. The van der Waals surface area contributed by atoms with E-state index in [0.717, 1.165) is 0 Å². The van der Waals surface area contributed by atoms with Crippen molar-refractivity contribution in [2.75, 3.05) is 6.54 Å². The predicted molar refractivity (Wildman–Crippen MR) is 109 cm³/mol. The van der Waals surface area contributed by atoms with Crippen LogP contribution < -0.4 is 5.32 Å². The minimum absolute atomic E-state index is 0.301. The number of amides is 1. The summed E-state index contributed by atoms with van der Waals surface area (Å²) in [4.78, 5) is 50.5. The monoisotopic (exact) mass is 421 g/mol. The fourth-order valence-electron chi connectivity index (χ4n) is 2.59. The molecule has 0 aliphatic heterocycles. The molecular weight excluding hydrogens is 390 g/mol. The van der Waals surface area contributed by atoms with Gasteiger partial charge in [0.25, 0.3) is 5.91 Å². The summed E-state index contributed by atoms with van der Waals surface area (Å²) in [5.74, 6) is -5.95. The molecule has 1 amide bonds. The second kappa shape index (κ2) is 11.9. The summed E-state index contributed by atoms with van der Waals surface area (Å²) in [5.41, 5.74) is 0.375. The number of hydrogen-bond donors (Lipinski definition) is 1. The molecule has 8 heteroatoms. The number of ether oxygens (including phenoxy) is 3. The molecule has 0 bridgehead atoms. The van der Waals surface area contributed by atoms with Gasteiger partial charge in [-0.25, -0.2) is 0 Å². The lowest BCUT2D eigenvalue weighted by molar-refractivity contribution is -0.176. The second-order valence-electron chi connectivity index (χ2n) is 7.62. The van der Waals surface area contributed by atoms with Crippen molar-refractivity contribution in [2.45, 2.75) is 59.9 Å². The highest BCUT2D eigenvalue weighted by molar-refractivity contribution is 6.00. The standard InChI is InChI=1S/C22H31NO7/c1-13(2)28-20(25)17(12-23-19(24)16-10-8-7-9-11-16)18(21(26)29-14(3)4)22(27)30-15(5)6/h7-11,13-15,17-18H,12H2,1-6H3,(H,23,24). The van der Waals surface area contributed by atoms with Gasteiger partial charge in [-0.15, -0.1) is 0 Å². The van der Waals surface area contributed by atoms with Crippen LogP contribution in [-0.2, 0) is 28.6 Å². The summed E-state index contributed by atoms with van der Waals surface area (Å²) in [6.45, 7) is 9.49. The molecule has 166 valence electrons. The van der Waals surface area contributed by atoms with Crippen molar-refractivity contribution >= 4 is 23.8 Å². The van der Waals surface area contributed by atoms with Crippen LogP contribution in [0.1, 0.15) is 51.9 Å². The van der Waals surface area contributed by atoms with Gasteiger partial charge < -0.3 is 19.5 Å². The molecule has 0 saturated carbocycles. The summed E-state index contributed by atoms with van der Waals surface area (Å²) in [5, 5.41) is 2.59. The summed E-state index contributed by atoms with van der Waals surface area (Å²) in [7, 11) is 0. The maximum Gasteiger partial charge on any atom is 0.321 e. The Labute approximate surface area is 177 Å². The number of rotatable bonds is 10. The van der Waals surface area contributed by atoms with E-state index < -0.39 is 54.0 Å². The van der Waals surface area contributed by atoms with Crippen molar-refractivity contribution in [3.63, 3.8) is 0 Å². The van der Waals surface area contributed by atoms with E-state index in [1.807, 2.05) is 0 Å². The highest BCUT2D eigenvalue weighted by atomic mass is 16.6. The van der Waals surface area contributed by atoms with Crippen LogP contribution in [0.2, 0.25) is 0 Å². The van der Waals surface area contributed by atoms with E-state index in [-0.39, 0.29) is 6.54 Å². The summed E-state index contributed by atoms with van der Waals surface area (Å²) >= 11 is 0. The van der Waals surface area contributed by atoms with Gasteiger partial charge in [0.2, 0.25) is 0 Å². The molecule has 1 rings (SSSR count). The summed E-state index contributed by atoms with van der Waals surface area (Å²) in [6.07, 6.45) is -1.49. The SMILES string of the molecule is CC(C)OC(=O)C(CNC(=O)c1ccccc1)C(C(=O)OC(C)C)C(=O)OC(C)C. The van der Waals surface area contributed by atoms with Crippen LogP contribution in [0.15, 0.2) is 30.3 Å². The number of carbonyl (C=O) groups excluding carboxylic acids is 4. The van der Waals surface area contributed by atoms with Crippen molar-refractivity contribution < 1.29 is 33.4 Å². The van der Waals surface area contributed by atoms with Crippen molar-refractivity contribution in [3.8, 4) is 0 Å². The van der Waals surface area contributed by atoms with Gasteiger partial charge in [0, 0.05) is 12.1 Å². The lowest BCUT2D eigenvalue weighted by atomic mass is 9.91. The average Bonchev–Trinajstić information content (AvgIpc) is 2.63. The number of nitrogens with one attached hydrogen (secondary N) is 1. The van der Waals surface area contributed by atoms with Gasteiger partial charge in [0.15, 0.2) is 5.92 Å².